The van der Waals surface area contributed by atoms with Crippen LogP contribution in [0.3, 0.4) is 0 Å². The fourth-order valence-corrected chi connectivity index (χ4v) is 3.53. The molecule has 1 N–H and O–H groups in total. The molecule has 1 atom stereocenters. The number of thiocarbonyl (C=S) groups is 1. The highest BCUT2D eigenvalue weighted by Crippen LogP contribution is 2.34. The molecule has 4 rings (SSSR count). The minimum absolute atomic E-state index is 0.197. The van der Waals surface area contributed by atoms with Crippen molar-refractivity contribution in [1.29, 1.82) is 0 Å². The minimum atomic E-state index is 0.197. The molecule has 122 valence electrons. The molecule has 1 aliphatic heterocycles. The van der Waals surface area contributed by atoms with E-state index in [1.165, 1.54) is 11.1 Å². The van der Waals surface area contributed by atoms with E-state index in [2.05, 4.69) is 45.4 Å². The molecule has 1 unspecified atom stereocenters. The Morgan fingerprint density at radius 2 is 2.21 bits per heavy atom. The number of nitrogens with one attached hydrogen (secondary N) is 1. The van der Waals surface area contributed by atoms with Crippen LogP contribution in [0.5, 0.6) is 0 Å². The lowest BCUT2D eigenvalue weighted by Crippen LogP contribution is -2.37. The van der Waals surface area contributed by atoms with Gasteiger partial charge in [0.1, 0.15) is 5.69 Å². The summed E-state index contributed by atoms with van der Waals surface area (Å²) in [4.78, 5) is 2.19. The molecule has 0 spiro atoms. The molecule has 2 aromatic rings. The first-order chi connectivity index (χ1) is 11.8. The largest absolute Gasteiger partial charge is 0.366 e. The van der Waals surface area contributed by atoms with E-state index in [1.807, 2.05) is 19.2 Å². The molecule has 5 heteroatoms. The summed E-state index contributed by atoms with van der Waals surface area (Å²) in [5.41, 5.74) is 7.68. The Kier molecular flexibility index (Phi) is 3.97. The van der Waals surface area contributed by atoms with Crippen LogP contribution in [0, 0.1) is 0 Å². The molecule has 1 aromatic heterocycles. The van der Waals surface area contributed by atoms with Crippen LogP contribution >= 0.6 is 12.2 Å². The van der Waals surface area contributed by atoms with E-state index in [4.69, 9.17) is 16.7 Å². The molecule has 0 saturated carbocycles. The summed E-state index contributed by atoms with van der Waals surface area (Å²) in [5.74, 6) is 0.804. The highest BCUT2D eigenvalue weighted by Gasteiger charge is 2.30. The second kappa shape index (κ2) is 6.27. The van der Waals surface area contributed by atoms with Gasteiger partial charge in [0, 0.05) is 37.2 Å². The SMILES string of the molecule is CNC(=S)N1CCCC1c1cc(-c2cccc(C3=C=CC3)c2)on1. The molecular weight excluding hydrogens is 318 g/mol. The number of nitrogens with zero attached hydrogens (tertiary/aromatic N) is 2. The molecule has 1 saturated heterocycles. The van der Waals surface area contributed by atoms with Gasteiger partial charge in [0.05, 0.1) is 6.04 Å². The van der Waals surface area contributed by atoms with Gasteiger partial charge in [-0.3, -0.25) is 0 Å². The van der Waals surface area contributed by atoms with Gasteiger partial charge in [-0.1, -0.05) is 23.4 Å². The second-order valence-corrected chi connectivity index (χ2v) is 6.52. The molecule has 0 amide bonds. The summed E-state index contributed by atoms with van der Waals surface area (Å²) < 4.78 is 5.63. The van der Waals surface area contributed by atoms with Crippen LogP contribution in [-0.4, -0.2) is 28.8 Å². The first kappa shape index (κ1) is 15.2. The van der Waals surface area contributed by atoms with Crippen LogP contribution in [0.1, 0.15) is 36.6 Å². The monoisotopic (exact) mass is 337 g/mol. The highest BCUT2D eigenvalue weighted by molar-refractivity contribution is 7.80. The van der Waals surface area contributed by atoms with E-state index in [9.17, 15) is 0 Å². The Morgan fingerprint density at radius 3 is 2.96 bits per heavy atom. The van der Waals surface area contributed by atoms with Crippen LogP contribution in [0.15, 0.2) is 46.7 Å². The number of allylic oxidation sites excluding steroid dienone is 1. The molecule has 4 nitrogen and oxygen atoms in total. The van der Waals surface area contributed by atoms with Crippen molar-refractivity contribution in [2.24, 2.45) is 0 Å². The third kappa shape index (κ3) is 2.66. The van der Waals surface area contributed by atoms with Crippen LogP contribution < -0.4 is 5.32 Å². The van der Waals surface area contributed by atoms with Crippen molar-refractivity contribution in [2.45, 2.75) is 25.3 Å². The minimum Gasteiger partial charge on any atom is -0.366 e. The van der Waals surface area contributed by atoms with Gasteiger partial charge in [-0.05, 0) is 42.8 Å². The molecule has 24 heavy (non-hydrogen) atoms. The third-order valence-corrected chi connectivity index (χ3v) is 5.11. The number of aromatic nitrogens is 1. The molecule has 0 radical (unpaired) electrons. The van der Waals surface area contributed by atoms with Gasteiger partial charge < -0.3 is 14.7 Å². The Labute approximate surface area is 146 Å². The number of hydrogen-bond donors (Lipinski definition) is 1. The summed E-state index contributed by atoms with van der Waals surface area (Å²) >= 11 is 5.40. The van der Waals surface area contributed by atoms with E-state index in [-0.39, 0.29) is 6.04 Å². The van der Waals surface area contributed by atoms with E-state index >= 15 is 0 Å². The van der Waals surface area contributed by atoms with Gasteiger partial charge in [0.25, 0.3) is 0 Å². The maximum Gasteiger partial charge on any atom is 0.169 e. The summed E-state index contributed by atoms with van der Waals surface area (Å²) in [5, 5.41) is 8.15. The van der Waals surface area contributed by atoms with E-state index < -0.39 is 0 Å². The molecule has 2 aliphatic rings. The molecular formula is C19H19N3OS. The normalized spacial score (nSPS) is 19.1. The van der Waals surface area contributed by atoms with Crippen molar-refractivity contribution in [3.8, 4) is 11.3 Å². The van der Waals surface area contributed by atoms with Crippen molar-refractivity contribution >= 4 is 22.9 Å². The lowest BCUT2D eigenvalue weighted by molar-refractivity contribution is 0.356. The molecule has 2 heterocycles. The summed E-state index contributed by atoms with van der Waals surface area (Å²) in [6.45, 7) is 0.961. The fourth-order valence-electron chi connectivity index (χ4n) is 3.31. The zero-order chi connectivity index (χ0) is 16.5. The number of hydrogen-bond acceptors (Lipinski definition) is 3. The third-order valence-electron chi connectivity index (χ3n) is 4.68. The zero-order valence-electron chi connectivity index (χ0n) is 13.6. The van der Waals surface area contributed by atoms with Crippen LogP contribution in [0.2, 0.25) is 0 Å². The van der Waals surface area contributed by atoms with Gasteiger partial charge in [-0.15, -0.1) is 5.73 Å². The summed E-state index contributed by atoms with van der Waals surface area (Å²) in [6, 6.07) is 10.6. The van der Waals surface area contributed by atoms with Crippen LogP contribution in [0.25, 0.3) is 16.9 Å². The maximum atomic E-state index is 5.63. The Bertz CT molecular complexity index is 848. The number of likely N-dealkylation sites (tertiary alicyclic amines) is 1. The van der Waals surface area contributed by atoms with Crippen molar-refractivity contribution in [1.82, 2.24) is 15.4 Å². The molecule has 0 bridgehead atoms. The van der Waals surface area contributed by atoms with Crippen molar-refractivity contribution < 1.29 is 4.52 Å². The van der Waals surface area contributed by atoms with Gasteiger partial charge in [-0.2, -0.15) is 0 Å². The van der Waals surface area contributed by atoms with E-state index in [0.717, 1.165) is 47.9 Å². The van der Waals surface area contributed by atoms with Crippen LogP contribution in [0.4, 0.5) is 0 Å². The van der Waals surface area contributed by atoms with Gasteiger partial charge in [0.15, 0.2) is 10.9 Å². The number of benzene rings is 1. The molecule has 1 fully saturated rings. The quantitative estimate of drug-likeness (QED) is 0.679. The number of rotatable bonds is 3. The summed E-state index contributed by atoms with van der Waals surface area (Å²) in [6.07, 6.45) is 5.20. The standard InChI is InChI=1S/C19H19N3OS/c1-20-19(24)22-10-4-9-17(22)16-12-18(23-21-16)15-8-3-7-14(11-15)13-5-2-6-13/h2-3,7-8,11-12,17H,4-5,9-10H2,1H3,(H,20,24). The molecule has 1 aromatic carbocycles. The van der Waals surface area contributed by atoms with Crippen molar-refractivity contribution in [2.75, 3.05) is 13.6 Å². The first-order valence-corrected chi connectivity index (χ1v) is 8.67. The lowest BCUT2D eigenvalue weighted by Gasteiger charge is -2.24. The van der Waals surface area contributed by atoms with Gasteiger partial charge in [0.2, 0.25) is 0 Å². The van der Waals surface area contributed by atoms with Gasteiger partial charge in [-0.25, -0.2) is 0 Å². The summed E-state index contributed by atoms with van der Waals surface area (Å²) in [7, 11) is 1.86. The van der Waals surface area contributed by atoms with Crippen LogP contribution in [-0.2, 0) is 0 Å². The maximum absolute atomic E-state index is 5.63. The predicted molar refractivity (Wildman–Crippen MR) is 98.4 cm³/mol. The first-order valence-electron chi connectivity index (χ1n) is 8.26. The Morgan fingerprint density at radius 1 is 1.38 bits per heavy atom. The lowest BCUT2D eigenvalue weighted by atomic mass is 9.96. The van der Waals surface area contributed by atoms with E-state index in [0.29, 0.717) is 0 Å². The average molecular weight is 337 g/mol. The van der Waals surface area contributed by atoms with Crippen molar-refractivity contribution in [3.05, 3.63) is 53.4 Å². The van der Waals surface area contributed by atoms with Crippen molar-refractivity contribution in [3.63, 3.8) is 0 Å². The predicted octanol–water partition coefficient (Wildman–Crippen LogP) is 3.93. The second-order valence-electron chi connectivity index (χ2n) is 6.13. The Balaban J connectivity index is 1.61. The van der Waals surface area contributed by atoms with E-state index in [1.54, 1.807) is 0 Å². The topological polar surface area (TPSA) is 41.3 Å². The smallest absolute Gasteiger partial charge is 0.169 e. The van der Waals surface area contributed by atoms with Gasteiger partial charge >= 0.3 is 0 Å². The Hall–Kier alpha value is -2.36. The fraction of sp³-hybridized carbons (Fsp3) is 0.316. The highest BCUT2D eigenvalue weighted by atomic mass is 32.1. The average Bonchev–Trinajstić information content (AvgIpc) is 3.21. The molecule has 1 aliphatic carbocycles. The zero-order valence-corrected chi connectivity index (χ0v) is 14.4.